The van der Waals surface area contributed by atoms with E-state index in [0.717, 1.165) is 12.8 Å². The maximum Gasteiger partial charge on any atom is 0.241 e. The summed E-state index contributed by atoms with van der Waals surface area (Å²) in [6, 6.07) is 10.8. The molecule has 1 aromatic carbocycles. The SMILES string of the molecule is CC(C)CC1NC(Cc2ccccc2)C(=O)N1C1CC1. The maximum atomic E-state index is 12.6. The summed E-state index contributed by atoms with van der Waals surface area (Å²) in [4.78, 5) is 14.8. The largest absolute Gasteiger partial charge is 0.323 e. The van der Waals surface area contributed by atoms with E-state index in [4.69, 9.17) is 0 Å². The van der Waals surface area contributed by atoms with Crippen molar-refractivity contribution in [2.45, 2.75) is 57.8 Å². The minimum absolute atomic E-state index is 0.0400. The van der Waals surface area contributed by atoms with E-state index >= 15 is 0 Å². The van der Waals surface area contributed by atoms with Crippen LogP contribution < -0.4 is 5.32 Å². The Hall–Kier alpha value is -1.35. The highest BCUT2D eigenvalue weighted by molar-refractivity contribution is 5.85. The zero-order valence-electron chi connectivity index (χ0n) is 12.4. The lowest BCUT2D eigenvalue weighted by Crippen LogP contribution is -2.39. The standard InChI is InChI=1S/C17H24N2O/c1-12(2)10-16-18-15(11-13-6-4-3-5-7-13)17(20)19(16)14-8-9-14/h3-7,12,14-16,18H,8-11H2,1-2H3. The van der Waals surface area contributed by atoms with Gasteiger partial charge < -0.3 is 4.90 Å². The zero-order chi connectivity index (χ0) is 14.1. The van der Waals surface area contributed by atoms with Gasteiger partial charge in [-0.15, -0.1) is 0 Å². The molecular formula is C17H24N2O. The quantitative estimate of drug-likeness (QED) is 0.893. The summed E-state index contributed by atoms with van der Waals surface area (Å²) >= 11 is 0. The van der Waals surface area contributed by atoms with Crippen LogP contribution in [-0.4, -0.2) is 29.1 Å². The van der Waals surface area contributed by atoms with Crippen molar-refractivity contribution in [3.05, 3.63) is 35.9 Å². The van der Waals surface area contributed by atoms with Gasteiger partial charge in [-0.1, -0.05) is 44.2 Å². The molecule has 1 aromatic rings. The van der Waals surface area contributed by atoms with Crippen molar-refractivity contribution in [1.29, 1.82) is 0 Å². The first kappa shape index (κ1) is 13.6. The second kappa shape index (κ2) is 5.57. The lowest BCUT2D eigenvalue weighted by atomic mass is 10.1. The van der Waals surface area contributed by atoms with Crippen molar-refractivity contribution in [3.63, 3.8) is 0 Å². The molecule has 0 bridgehead atoms. The van der Waals surface area contributed by atoms with Crippen molar-refractivity contribution in [3.8, 4) is 0 Å². The molecule has 0 radical (unpaired) electrons. The number of amides is 1. The third-order valence-corrected chi connectivity index (χ3v) is 4.20. The lowest BCUT2D eigenvalue weighted by molar-refractivity contribution is -0.130. The van der Waals surface area contributed by atoms with Crippen LogP contribution in [0.15, 0.2) is 30.3 Å². The van der Waals surface area contributed by atoms with Crippen molar-refractivity contribution in [2.24, 2.45) is 5.92 Å². The van der Waals surface area contributed by atoms with E-state index in [0.29, 0.717) is 17.9 Å². The van der Waals surface area contributed by atoms with E-state index < -0.39 is 0 Å². The summed E-state index contributed by atoms with van der Waals surface area (Å²) in [5.74, 6) is 0.916. The van der Waals surface area contributed by atoms with Gasteiger partial charge in [-0.3, -0.25) is 10.1 Å². The van der Waals surface area contributed by atoms with Crippen LogP contribution in [-0.2, 0) is 11.2 Å². The Kier molecular flexibility index (Phi) is 3.79. The first-order valence-corrected chi connectivity index (χ1v) is 7.77. The van der Waals surface area contributed by atoms with Gasteiger partial charge in [0.2, 0.25) is 5.91 Å². The third-order valence-electron chi connectivity index (χ3n) is 4.20. The zero-order valence-corrected chi connectivity index (χ0v) is 12.4. The molecule has 108 valence electrons. The van der Waals surface area contributed by atoms with E-state index in [9.17, 15) is 4.79 Å². The number of rotatable bonds is 5. The van der Waals surface area contributed by atoms with Crippen LogP contribution >= 0.6 is 0 Å². The number of hydrogen-bond acceptors (Lipinski definition) is 2. The molecule has 3 nitrogen and oxygen atoms in total. The number of carbonyl (C=O) groups is 1. The Morgan fingerprint density at radius 2 is 1.95 bits per heavy atom. The van der Waals surface area contributed by atoms with Gasteiger partial charge in [0, 0.05) is 6.04 Å². The van der Waals surface area contributed by atoms with Crippen LogP contribution in [0.3, 0.4) is 0 Å². The molecule has 3 heteroatoms. The van der Waals surface area contributed by atoms with E-state index in [1.807, 2.05) is 18.2 Å². The summed E-state index contributed by atoms with van der Waals surface area (Å²) < 4.78 is 0. The smallest absolute Gasteiger partial charge is 0.241 e. The van der Waals surface area contributed by atoms with Crippen molar-refractivity contribution in [1.82, 2.24) is 10.2 Å². The van der Waals surface area contributed by atoms with Crippen molar-refractivity contribution < 1.29 is 4.79 Å². The highest BCUT2D eigenvalue weighted by Gasteiger charge is 2.45. The molecule has 1 aliphatic carbocycles. The lowest BCUT2D eigenvalue weighted by Gasteiger charge is -2.25. The van der Waals surface area contributed by atoms with E-state index in [1.165, 1.54) is 18.4 Å². The molecule has 0 spiro atoms. The van der Waals surface area contributed by atoms with Crippen LogP contribution in [0.5, 0.6) is 0 Å². The fourth-order valence-electron chi connectivity index (χ4n) is 3.13. The first-order valence-electron chi connectivity index (χ1n) is 7.77. The van der Waals surface area contributed by atoms with Crippen LogP contribution in [0.25, 0.3) is 0 Å². The van der Waals surface area contributed by atoms with E-state index in [1.54, 1.807) is 0 Å². The molecule has 0 aromatic heterocycles. The molecule has 1 amide bonds. The fourth-order valence-corrected chi connectivity index (χ4v) is 3.13. The molecule has 20 heavy (non-hydrogen) atoms. The minimum Gasteiger partial charge on any atom is -0.323 e. The number of benzene rings is 1. The monoisotopic (exact) mass is 272 g/mol. The van der Waals surface area contributed by atoms with Crippen LogP contribution in [0.2, 0.25) is 0 Å². The molecule has 2 fully saturated rings. The highest BCUT2D eigenvalue weighted by atomic mass is 16.2. The molecule has 1 heterocycles. The number of nitrogens with zero attached hydrogens (tertiary/aromatic N) is 1. The van der Waals surface area contributed by atoms with Gasteiger partial charge in [0.25, 0.3) is 0 Å². The second-order valence-electron chi connectivity index (χ2n) is 6.53. The van der Waals surface area contributed by atoms with Crippen molar-refractivity contribution >= 4 is 5.91 Å². The van der Waals surface area contributed by atoms with Crippen LogP contribution in [0, 0.1) is 5.92 Å². The average Bonchev–Trinajstić information content (AvgIpc) is 3.19. The van der Waals surface area contributed by atoms with Gasteiger partial charge in [-0.05, 0) is 37.2 Å². The predicted molar refractivity (Wildman–Crippen MR) is 80.2 cm³/mol. The summed E-state index contributed by atoms with van der Waals surface area (Å²) in [6.45, 7) is 4.45. The Bertz CT molecular complexity index is 467. The third kappa shape index (κ3) is 2.88. The maximum absolute atomic E-state index is 12.6. The molecular weight excluding hydrogens is 248 g/mol. The number of carbonyl (C=O) groups excluding carboxylic acids is 1. The Morgan fingerprint density at radius 1 is 1.25 bits per heavy atom. The molecule has 1 N–H and O–H groups in total. The molecule has 1 aliphatic heterocycles. The first-order chi connectivity index (χ1) is 9.65. The summed E-state index contributed by atoms with van der Waals surface area (Å²) in [7, 11) is 0. The molecule has 2 aliphatic rings. The van der Waals surface area contributed by atoms with Gasteiger partial charge in [0.05, 0.1) is 12.2 Å². The summed E-state index contributed by atoms with van der Waals surface area (Å²) in [5.41, 5.74) is 1.24. The fraction of sp³-hybridized carbons (Fsp3) is 0.588. The Morgan fingerprint density at radius 3 is 2.55 bits per heavy atom. The topological polar surface area (TPSA) is 32.3 Å². The van der Waals surface area contributed by atoms with Crippen LogP contribution in [0.1, 0.15) is 38.7 Å². The number of hydrogen-bond donors (Lipinski definition) is 1. The molecule has 1 saturated heterocycles. The van der Waals surface area contributed by atoms with Gasteiger partial charge in [-0.25, -0.2) is 0 Å². The van der Waals surface area contributed by atoms with E-state index in [2.05, 4.69) is 36.2 Å². The van der Waals surface area contributed by atoms with Gasteiger partial charge in [0.1, 0.15) is 0 Å². The molecule has 3 rings (SSSR count). The highest BCUT2D eigenvalue weighted by Crippen LogP contribution is 2.33. The molecule has 1 saturated carbocycles. The summed E-state index contributed by atoms with van der Waals surface area (Å²) in [5, 5.41) is 3.57. The van der Waals surface area contributed by atoms with Gasteiger partial charge in [-0.2, -0.15) is 0 Å². The van der Waals surface area contributed by atoms with Crippen molar-refractivity contribution in [2.75, 3.05) is 0 Å². The molecule has 2 unspecified atom stereocenters. The Balaban J connectivity index is 1.71. The normalized spacial score (nSPS) is 26.6. The number of nitrogens with one attached hydrogen (secondary N) is 1. The molecule has 2 atom stereocenters. The van der Waals surface area contributed by atoms with Crippen LogP contribution in [0.4, 0.5) is 0 Å². The average molecular weight is 272 g/mol. The minimum atomic E-state index is -0.0400. The second-order valence-corrected chi connectivity index (χ2v) is 6.53. The summed E-state index contributed by atoms with van der Waals surface area (Å²) in [6.07, 6.45) is 4.45. The van der Waals surface area contributed by atoms with Gasteiger partial charge in [0.15, 0.2) is 0 Å². The van der Waals surface area contributed by atoms with Gasteiger partial charge >= 0.3 is 0 Å². The van der Waals surface area contributed by atoms with E-state index in [-0.39, 0.29) is 12.2 Å². The predicted octanol–water partition coefficient (Wildman–Crippen LogP) is 2.56. The Labute approximate surface area is 121 Å².